The predicted molar refractivity (Wildman–Crippen MR) is 116 cm³/mol. The van der Waals surface area contributed by atoms with Crippen LogP contribution in [0.2, 0.25) is 5.02 Å². The molecule has 5 nitrogen and oxygen atoms in total. The second-order valence-corrected chi connectivity index (χ2v) is 6.51. The fourth-order valence-corrected chi connectivity index (χ4v) is 2.89. The minimum atomic E-state index is -0.380. The summed E-state index contributed by atoms with van der Waals surface area (Å²) in [6.45, 7) is 0. The molecule has 0 atom stereocenters. The van der Waals surface area contributed by atoms with E-state index in [4.69, 9.17) is 33.0 Å². The van der Waals surface area contributed by atoms with Gasteiger partial charge in [-0.2, -0.15) is 0 Å². The Labute approximate surface area is 173 Å². The van der Waals surface area contributed by atoms with Crippen molar-refractivity contribution < 1.29 is 13.9 Å². The topological polar surface area (TPSA) is 63.5 Å². The van der Waals surface area contributed by atoms with Crippen LogP contribution >= 0.6 is 23.8 Å². The summed E-state index contributed by atoms with van der Waals surface area (Å²) in [5.41, 5.74) is 1.61. The van der Waals surface area contributed by atoms with Crippen molar-refractivity contribution in [1.29, 1.82) is 0 Å². The van der Waals surface area contributed by atoms with Gasteiger partial charge >= 0.3 is 0 Å². The molecule has 3 aromatic rings. The van der Waals surface area contributed by atoms with Crippen LogP contribution in [0.1, 0.15) is 5.76 Å². The Kier molecular flexibility index (Phi) is 6.47. The Morgan fingerprint density at radius 2 is 1.93 bits per heavy atom. The number of furan rings is 1. The summed E-state index contributed by atoms with van der Waals surface area (Å²) < 4.78 is 10.8. The molecule has 0 aliphatic rings. The minimum Gasteiger partial charge on any atom is -0.495 e. The summed E-state index contributed by atoms with van der Waals surface area (Å²) in [6.07, 6.45) is 2.93. The molecule has 1 amide bonds. The molecule has 7 heteroatoms. The Bertz CT molecular complexity index is 1020. The highest BCUT2D eigenvalue weighted by molar-refractivity contribution is 7.80. The minimum absolute atomic E-state index is 0.153. The predicted octanol–water partition coefficient (Wildman–Crippen LogP) is 5.14. The van der Waals surface area contributed by atoms with Gasteiger partial charge in [0.2, 0.25) is 5.91 Å². The Morgan fingerprint density at radius 3 is 2.64 bits per heavy atom. The SMILES string of the molecule is COc1ccc(NC(=S)NC(=O)/C=C/c2ccc(-c3ccccc3)o2)cc1Cl. The molecule has 0 unspecified atom stereocenters. The number of carbonyl (C=O) groups excluding carboxylic acids is 1. The van der Waals surface area contributed by atoms with Crippen LogP contribution in [0, 0.1) is 0 Å². The van der Waals surface area contributed by atoms with E-state index in [2.05, 4.69) is 10.6 Å². The number of rotatable bonds is 5. The first-order valence-electron chi connectivity index (χ1n) is 8.34. The molecule has 1 heterocycles. The molecule has 2 aromatic carbocycles. The number of hydrogen-bond acceptors (Lipinski definition) is 4. The van der Waals surface area contributed by atoms with Gasteiger partial charge in [-0.25, -0.2) is 0 Å². The maximum Gasteiger partial charge on any atom is 0.250 e. The molecule has 0 saturated heterocycles. The standard InChI is InChI=1S/C21H17ClN2O3S/c1-26-19-10-7-15(13-17(19)22)23-21(28)24-20(25)12-9-16-8-11-18(27-16)14-5-3-2-4-6-14/h2-13H,1H3,(H2,23,24,25,28)/b12-9+. The van der Waals surface area contributed by atoms with Gasteiger partial charge in [0.05, 0.1) is 12.1 Å². The van der Waals surface area contributed by atoms with Crippen LogP contribution in [0.5, 0.6) is 5.75 Å². The van der Waals surface area contributed by atoms with Crippen LogP contribution in [-0.4, -0.2) is 18.1 Å². The Morgan fingerprint density at radius 1 is 1.14 bits per heavy atom. The molecule has 3 rings (SSSR count). The molecular weight excluding hydrogens is 396 g/mol. The highest BCUT2D eigenvalue weighted by Crippen LogP contribution is 2.27. The van der Waals surface area contributed by atoms with Crippen LogP contribution < -0.4 is 15.4 Å². The van der Waals surface area contributed by atoms with E-state index in [9.17, 15) is 4.79 Å². The zero-order valence-corrected chi connectivity index (χ0v) is 16.5. The highest BCUT2D eigenvalue weighted by atomic mass is 35.5. The number of nitrogens with one attached hydrogen (secondary N) is 2. The zero-order valence-electron chi connectivity index (χ0n) is 14.9. The van der Waals surface area contributed by atoms with Crippen LogP contribution in [0.4, 0.5) is 5.69 Å². The van der Waals surface area contributed by atoms with Gasteiger partial charge < -0.3 is 14.5 Å². The molecular formula is C21H17ClN2O3S. The lowest BCUT2D eigenvalue weighted by Crippen LogP contribution is -2.32. The molecule has 0 aliphatic heterocycles. The van der Waals surface area contributed by atoms with Crippen molar-refractivity contribution in [3.8, 4) is 17.1 Å². The second kappa shape index (κ2) is 9.21. The molecule has 0 radical (unpaired) electrons. The monoisotopic (exact) mass is 412 g/mol. The number of hydrogen-bond donors (Lipinski definition) is 2. The van der Waals surface area contributed by atoms with E-state index < -0.39 is 0 Å². The fourth-order valence-electron chi connectivity index (χ4n) is 2.42. The fraction of sp³-hybridized carbons (Fsp3) is 0.0476. The molecule has 142 valence electrons. The zero-order chi connectivity index (χ0) is 19.9. The van der Waals surface area contributed by atoms with E-state index in [0.717, 1.165) is 11.3 Å². The number of thiocarbonyl (C=S) groups is 1. The lowest BCUT2D eigenvalue weighted by Gasteiger charge is -2.10. The number of halogens is 1. The average molecular weight is 413 g/mol. The summed E-state index contributed by atoms with van der Waals surface area (Å²) >= 11 is 11.2. The van der Waals surface area contributed by atoms with Crippen LogP contribution in [0.3, 0.4) is 0 Å². The van der Waals surface area contributed by atoms with Crippen molar-refractivity contribution >= 4 is 46.6 Å². The van der Waals surface area contributed by atoms with Gasteiger partial charge in [-0.15, -0.1) is 0 Å². The second-order valence-electron chi connectivity index (χ2n) is 5.69. The van der Waals surface area contributed by atoms with Crippen molar-refractivity contribution in [3.05, 3.63) is 77.5 Å². The van der Waals surface area contributed by atoms with Crippen molar-refractivity contribution in [1.82, 2.24) is 5.32 Å². The van der Waals surface area contributed by atoms with Gasteiger partial charge in [-0.05, 0) is 48.6 Å². The molecule has 0 bridgehead atoms. The molecule has 0 aliphatic carbocycles. The van der Waals surface area contributed by atoms with Crippen LogP contribution in [0.25, 0.3) is 17.4 Å². The van der Waals surface area contributed by atoms with Gasteiger partial charge in [0, 0.05) is 17.3 Å². The lowest BCUT2D eigenvalue weighted by atomic mass is 10.2. The molecule has 28 heavy (non-hydrogen) atoms. The number of carbonyl (C=O) groups is 1. The third-order valence-corrected chi connectivity index (χ3v) is 4.23. The number of anilines is 1. The first kappa shape index (κ1) is 19.7. The summed E-state index contributed by atoms with van der Waals surface area (Å²) in [6, 6.07) is 18.5. The van der Waals surface area contributed by atoms with Crippen LogP contribution in [-0.2, 0) is 4.79 Å². The highest BCUT2D eigenvalue weighted by Gasteiger charge is 2.06. The van der Waals surface area contributed by atoms with E-state index >= 15 is 0 Å². The van der Waals surface area contributed by atoms with E-state index in [0.29, 0.717) is 22.2 Å². The third kappa shape index (κ3) is 5.22. The molecule has 2 N–H and O–H groups in total. The molecule has 1 aromatic heterocycles. The van der Waals surface area contributed by atoms with Gasteiger partial charge in [0.1, 0.15) is 17.3 Å². The molecule has 0 saturated carbocycles. The van der Waals surface area contributed by atoms with Crippen molar-refractivity contribution in [2.24, 2.45) is 0 Å². The maximum atomic E-state index is 12.0. The van der Waals surface area contributed by atoms with E-state index in [1.807, 2.05) is 36.4 Å². The molecule has 0 fully saturated rings. The van der Waals surface area contributed by atoms with Crippen molar-refractivity contribution in [2.45, 2.75) is 0 Å². The normalized spacial score (nSPS) is 10.6. The Hall–Kier alpha value is -3.09. The van der Waals surface area contributed by atoms with Gasteiger partial charge in [0.25, 0.3) is 0 Å². The van der Waals surface area contributed by atoms with Crippen molar-refractivity contribution in [3.63, 3.8) is 0 Å². The molecule has 0 spiro atoms. The van der Waals surface area contributed by atoms with Gasteiger partial charge in [-0.3, -0.25) is 10.1 Å². The Balaban J connectivity index is 1.55. The first-order valence-corrected chi connectivity index (χ1v) is 9.12. The van der Waals surface area contributed by atoms with E-state index in [-0.39, 0.29) is 11.0 Å². The summed E-state index contributed by atoms with van der Waals surface area (Å²) in [5.74, 6) is 1.47. The average Bonchev–Trinajstić information content (AvgIpc) is 3.16. The number of methoxy groups -OCH3 is 1. The lowest BCUT2D eigenvalue weighted by molar-refractivity contribution is -0.115. The maximum absolute atomic E-state index is 12.0. The largest absolute Gasteiger partial charge is 0.495 e. The number of benzene rings is 2. The summed E-state index contributed by atoms with van der Waals surface area (Å²) in [7, 11) is 1.54. The van der Waals surface area contributed by atoms with Gasteiger partial charge in [0.15, 0.2) is 5.11 Å². The summed E-state index contributed by atoms with van der Waals surface area (Å²) in [5, 5.41) is 6.05. The number of ether oxygens (including phenoxy) is 1. The van der Waals surface area contributed by atoms with Crippen LogP contribution in [0.15, 0.2) is 71.2 Å². The smallest absolute Gasteiger partial charge is 0.250 e. The third-order valence-electron chi connectivity index (χ3n) is 3.73. The van der Waals surface area contributed by atoms with E-state index in [1.165, 1.54) is 13.2 Å². The summed E-state index contributed by atoms with van der Waals surface area (Å²) in [4.78, 5) is 12.0. The van der Waals surface area contributed by atoms with Crippen molar-refractivity contribution in [2.75, 3.05) is 12.4 Å². The van der Waals surface area contributed by atoms with Gasteiger partial charge in [-0.1, -0.05) is 41.9 Å². The first-order chi connectivity index (χ1) is 13.5. The quantitative estimate of drug-likeness (QED) is 0.449. The number of amides is 1. The van der Waals surface area contributed by atoms with E-state index in [1.54, 1.807) is 30.3 Å².